The van der Waals surface area contributed by atoms with Gasteiger partial charge in [0.15, 0.2) is 0 Å². The molecule has 5 nitrogen and oxygen atoms in total. The van der Waals surface area contributed by atoms with Gasteiger partial charge in [-0.2, -0.15) is 0 Å². The largest absolute Gasteiger partial charge is 0.352 e. The minimum absolute atomic E-state index is 0.0887. The van der Waals surface area contributed by atoms with Crippen LogP contribution in [0.5, 0.6) is 0 Å². The lowest BCUT2D eigenvalue weighted by atomic mass is 10.1. The Balaban J connectivity index is 2.39. The van der Waals surface area contributed by atoms with Crippen LogP contribution < -0.4 is 10.9 Å². The van der Waals surface area contributed by atoms with Gasteiger partial charge in [0.25, 0.3) is 11.5 Å². The van der Waals surface area contributed by atoms with E-state index in [1.165, 1.54) is 6.07 Å². The number of nitrogens with one attached hydrogen (secondary N) is 2. The number of hydrogen-bond donors (Lipinski definition) is 2. The summed E-state index contributed by atoms with van der Waals surface area (Å²) in [5.74, 6) is -0.386. The zero-order chi connectivity index (χ0) is 13.8. The lowest BCUT2D eigenvalue weighted by Gasteiger charge is -2.04. The number of nitrogens with zero attached hydrogens (tertiary/aromatic N) is 1. The van der Waals surface area contributed by atoms with Crippen molar-refractivity contribution in [2.75, 3.05) is 6.54 Å². The Morgan fingerprint density at radius 1 is 1.42 bits per heavy atom. The maximum absolute atomic E-state index is 11.8. The predicted octanol–water partition coefficient (Wildman–Crippen LogP) is 1.84. The molecular formula is C13H12ClN3O2. The van der Waals surface area contributed by atoms with Gasteiger partial charge in [0.2, 0.25) is 0 Å². The molecule has 0 unspecified atom stereocenters. The van der Waals surface area contributed by atoms with Crippen molar-refractivity contribution in [3.8, 4) is 11.3 Å². The summed E-state index contributed by atoms with van der Waals surface area (Å²) in [7, 11) is 0. The fourth-order valence-corrected chi connectivity index (χ4v) is 1.82. The molecule has 2 N–H and O–H groups in total. The summed E-state index contributed by atoms with van der Waals surface area (Å²) >= 11 is 5.79. The van der Waals surface area contributed by atoms with Gasteiger partial charge < -0.3 is 10.3 Å². The van der Waals surface area contributed by atoms with Gasteiger partial charge in [-0.3, -0.25) is 9.59 Å². The highest BCUT2D eigenvalue weighted by Gasteiger charge is 2.10. The molecule has 0 spiro atoms. The molecule has 2 heterocycles. The fourth-order valence-electron chi connectivity index (χ4n) is 1.65. The van der Waals surface area contributed by atoms with Crippen LogP contribution in [0.25, 0.3) is 11.3 Å². The number of halogens is 1. The maximum atomic E-state index is 11.8. The molecule has 0 aliphatic rings. The number of carbonyl (C=O) groups excluding carboxylic acids is 1. The lowest BCUT2D eigenvalue weighted by Crippen LogP contribution is -2.29. The van der Waals surface area contributed by atoms with E-state index in [1.54, 1.807) is 31.3 Å². The highest BCUT2D eigenvalue weighted by molar-refractivity contribution is 6.29. The topological polar surface area (TPSA) is 74.8 Å². The number of hydrogen-bond acceptors (Lipinski definition) is 3. The van der Waals surface area contributed by atoms with Crippen molar-refractivity contribution in [3.05, 3.63) is 51.5 Å². The van der Waals surface area contributed by atoms with Gasteiger partial charge in [-0.1, -0.05) is 11.6 Å². The van der Waals surface area contributed by atoms with Crippen molar-refractivity contribution in [1.82, 2.24) is 15.3 Å². The monoisotopic (exact) mass is 277 g/mol. The third-order valence-corrected chi connectivity index (χ3v) is 2.74. The highest BCUT2D eigenvalue weighted by atomic mass is 35.5. The zero-order valence-electron chi connectivity index (χ0n) is 10.2. The quantitative estimate of drug-likeness (QED) is 0.841. The summed E-state index contributed by atoms with van der Waals surface area (Å²) in [4.78, 5) is 30.0. The molecule has 0 bridgehead atoms. The molecule has 0 atom stereocenters. The summed E-state index contributed by atoms with van der Waals surface area (Å²) in [5, 5.41) is 2.92. The first kappa shape index (κ1) is 13.3. The number of rotatable bonds is 3. The zero-order valence-corrected chi connectivity index (χ0v) is 11.0. The molecule has 1 amide bonds. The number of H-pyrrole nitrogens is 1. The van der Waals surface area contributed by atoms with E-state index in [0.29, 0.717) is 17.4 Å². The van der Waals surface area contributed by atoms with Gasteiger partial charge in [-0.05, 0) is 31.2 Å². The van der Waals surface area contributed by atoms with E-state index in [1.807, 2.05) is 0 Å². The Morgan fingerprint density at radius 2 is 2.21 bits per heavy atom. The number of carbonyl (C=O) groups is 1. The summed E-state index contributed by atoms with van der Waals surface area (Å²) in [6.45, 7) is 2.26. The Kier molecular flexibility index (Phi) is 3.97. The molecule has 6 heteroatoms. The first-order chi connectivity index (χ1) is 9.11. The van der Waals surface area contributed by atoms with Crippen molar-refractivity contribution in [2.45, 2.75) is 6.92 Å². The van der Waals surface area contributed by atoms with E-state index in [4.69, 9.17) is 11.6 Å². The molecule has 2 aromatic heterocycles. The molecule has 0 aromatic carbocycles. The Labute approximate surface area is 114 Å². The van der Waals surface area contributed by atoms with Gasteiger partial charge in [-0.25, -0.2) is 4.98 Å². The van der Waals surface area contributed by atoms with Crippen LogP contribution in [0.1, 0.15) is 17.3 Å². The molecule has 0 fully saturated rings. The van der Waals surface area contributed by atoms with E-state index < -0.39 is 5.56 Å². The Bertz CT molecular complexity index is 667. The third kappa shape index (κ3) is 3.00. The van der Waals surface area contributed by atoms with Crippen LogP contribution in [0.15, 0.2) is 35.3 Å². The molecule has 0 saturated carbocycles. The van der Waals surface area contributed by atoms with Crippen molar-refractivity contribution in [2.24, 2.45) is 0 Å². The summed E-state index contributed by atoms with van der Waals surface area (Å²) < 4.78 is 0. The van der Waals surface area contributed by atoms with E-state index in [2.05, 4.69) is 15.3 Å². The smallest absolute Gasteiger partial charge is 0.261 e. The molecule has 0 aliphatic heterocycles. The first-order valence-electron chi connectivity index (χ1n) is 5.75. The van der Waals surface area contributed by atoms with Gasteiger partial charge >= 0.3 is 0 Å². The standard InChI is InChI=1S/C13H12ClN3O2/c1-2-15-12(18)9-3-4-10(17-13(9)19)8-5-6-16-11(14)7-8/h3-7H,2H2,1H3,(H,15,18)(H,17,19). The molecule has 0 radical (unpaired) electrons. The first-order valence-corrected chi connectivity index (χ1v) is 6.13. The second kappa shape index (κ2) is 5.67. The number of aromatic amines is 1. The molecular weight excluding hydrogens is 266 g/mol. The van der Waals surface area contributed by atoms with Gasteiger partial charge in [0.1, 0.15) is 10.7 Å². The van der Waals surface area contributed by atoms with Crippen molar-refractivity contribution >= 4 is 17.5 Å². The van der Waals surface area contributed by atoms with E-state index in [0.717, 1.165) is 5.56 Å². The van der Waals surface area contributed by atoms with Crippen LogP contribution in [-0.2, 0) is 0 Å². The van der Waals surface area contributed by atoms with Gasteiger partial charge in [0, 0.05) is 24.0 Å². The fraction of sp³-hybridized carbons (Fsp3) is 0.154. The lowest BCUT2D eigenvalue weighted by molar-refractivity contribution is 0.0954. The number of aromatic nitrogens is 2. The molecule has 98 valence electrons. The maximum Gasteiger partial charge on any atom is 0.261 e. The average Bonchev–Trinajstić information content (AvgIpc) is 2.38. The van der Waals surface area contributed by atoms with E-state index in [-0.39, 0.29) is 11.5 Å². The minimum Gasteiger partial charge on any atom is -0.352 e. The predicted molar refractivity (Wildman–Crippen MR) is 73.3 cm³/mol. The van der Waals surface area contributed by atoms with Gasteiger partial charge in [-0.15, -0.1) is 0 Å². The van der Waals surface area contributed by atoms with Crippen LogP contribution in [0.3, 0.4) is 0 Å². The summed E-state index contributed by atoms with van der Waals surface area (Å²) in [6.07, 6.45) is 1.55. The minimum atomic E-state index is -0.434. The van der Waals surface area contributed by atoms with Crippen LogP contribution in [0.4, 0.5) is 0 Å². The molecule has 0 aliphatic carbocycles. The molecule has 2 aromatic rings. The van der Waals surface area contributed by atoms with Crippen LogP contribution in [-0.4, -0.2) is 22.4 Å². The summed E-state index contributed by atoms with van der Waals surface area (Å²) in [6, 6.07) is 6.52. The van der Waals surface area contributed by atoms with E-state index >= 15 is 0 Å². The van der Waals surface area contributed by atoms with Crippen LogP contribution >= 0.6 is 11.6 Å². The van der Waals surface area contributed by atoms with Crippen molar-refractivity contribution in [1.29, 1.82) is 0 Å². The number of pyridine rings is 2. The molecule has 2 rings (SSSR count). The Morgan fingerprint density at radius 3 is 2.84 bits per heavy atom. The van der Waals surface area contributed by atoms with Crippen molar-refractivity contribution < 1.29 is 4.79 Å². The second-order valence-corrected chi connectivity index (χ2v) is 4.23. The summed E-state index contributed by atoms with van der Waals surface area (Å²) in [5.41, 5.74) is 0.976. The highest BCUT2D eigenvalue weighted by Crippen LogP contribution is 2.18. The van der Waals surface area contributed by atoms with Crippen LogP contribution in [0, 0.1) is 0 Å². The van der Waals surface area contributed by atoms with Gasteiger partial charge in [0.05, 0.1) is 0 Å². The van der Waals surface area contributed by atoms with Crippen molar-refractivity contribution in [3.63, 3.8) is 0 Å². The normalized spacial score (nSPS) is 10.2. The number of amides is 1. The molecule has 0 saturated heterocycles. The second-order valence-electron chi connectivity index (χ2n) is 3.84. The van der Waals surface area contributed by atoms with E-state index in [9.17, 15) is 9.59 Å². The average molecular weight is 278 g/mol. The van der Waals surface area contributed by atoms with Crippen LogP contribution in [0.2, 0.25) is 5.15 Å². The SMILES string of the molecule is CCNC(=O)c1ccc(-c2ccnc(Cl)c2)[nH]c1=O. The molecule has 19 heavy (non-hydrogen) atoms. The Hall–Kier alpha value is -2.14. The third-order valence-electron chi connectivity index (χ3n) is 2.53.